The fraction of sp³-hybridized carbons (Fsp3) is 0.231. The Balaban J connectivity index is 1.84. The van der Waals surface area contributed by atoms with Crippen LogP contribution < -0.4 is 4.90 Å². The molecule has 140 valence electrons. The van der Waals surface area contributed by atoms with Gasteiger partial charge in [0.2, 0.25) is 0 Å². The predicted octanol–water partition coefficient (Wildman–Crippen LogP) is 6.33. The maximum atomic E-state index is 9.14. The molecule has 0 saturated carbocycles. The van der Waals surface area contributed by atoms with Gasteiger partial charge in [-0.15, -0.1) is 0 Å². The molecular formula is C26H26N2. The number of aryl methyl sites for hydroxylation is 3. The Bertz CT molecular complexity index is 1170. The molecule has 2 aliphatic rings. The van der Waals surface area contributed by atoms with Gasteiger partial charge in [0.1, 0.15) is 6.17 Å². The van der Waals surface area contributed by atoms with E-state index in [0.29, 0.717) is 0 Å². The van der Waals surface area contributed by atoms with E-state index in [1.165, 1.54) is 22.3 Å². The minimum atomic E-state index is -1.59. The zero-order valence-electron chi connectivity index (χ0n) is 18.8. The van der Waals surface area contributed by atoms with Gasteiger partial charge in [-0.2, -0.15) is 0 Å². The quantitative estimate of drug-likeness (QED) is 0.521. The highest BCUT2D eigenvalue weighted by Crippen LogP contribution is 2.52. The molecular weight excluding hydrogens is 340 g/mol. The number of benzene rings is 3. The van der Waals surface area contributed by atoms with Crippen molar-refractivity contribution < 1.29 is 2.74 Å². The average Bonchev–Trinajstić information content (AvgIpc) is 3.14. The smallest absolute Gasteiger partial charge is 0.133 e. The molecule has 2 heterocycles. The maximum absolute atomic E-state index is 9.14. The van der Waals surface area contributed by atoms with Gasteiger partial charge in [-0.05, 0) is 56.0 Å². The first-order valence-corrected chi connectivity index (χ1v) is 9.85. The third-order valence-electron chi connectivity index (χ3n) is 6.03. The summed E-state index contributed by atoms with van der Waals surface area (Å²) in [5.41, 5.74) is 9.66. The van der Waals surface area contributed by atoms with Crippen molar-refractivity contribution in [1.82, 2.24) is 4.90 Å². The van der Waals surface area contributed by atoms with E-state index in [1.807, 2.05) is 23.1 Å². The van der Waals surface area contributed by atoms with Crippen molar-refractivity contribution in [3.8, 4) is 0 Å². The standard InChI is InChI=1S/C26H26N2/c1-17-10-5-8-15-23(17)28-20(4)25-22-14-7-6-13-21(22)16-27(25)26(28)24-18(2)11-9-12-19(24)3/h5-15,26H,16H2,1-4H3/i16D2. The van der Waals surface area contributed by atoms with Gasteiger partial charge in [0.05, 0.1) is 8.44 Å². The van der Waals surface area contributed by atoms with E-state index in [0.717, 1.165) is 28.2 Å². The third kappa shape index (κ3) is 2.34. The van der Waals surface area contributed by atoms with Crippen LogP contribution in [-0.4, -0.2) is 4.90 Å². The first-order valence-electron chi connectivity index (χ1n) is 10.8. The van der Waals surface area contributed by atoms with E-state index in [2.05, 4.69) is 81.1 Å². The van der Waals surface area contributed by atoms with E-state index in [-0.39, 0.29) is 6.17 Å². The van der Waals surface area contributed by atoms with Gasteiger partial charge < -0.3 is 9.80 Å². The second kappa shape index (κ2) is 6.27. The summed E-state index contributed by atoms with van der Waals surface area (Å²) in [5, 5.41) is 0. The second-order valence-corrected chi connectivity index (χ2v) is 7.80. The molecule has 0 radical (unpaired) electrons. The zero-order valence-corrected chi connectivity index (χ0v) is 16.8. The highest BCUT2D eigenvalue weighted by molar-refractivity contribution is 5.81. The van der Waals surface area contributed by atoms with Crippen molar-refractivity contribution in [3.63, 3.8) is 0 Å². The Hall–Kier alpha value is -3.00. The van der Waals surface area contributed by atoms with Gasteiger partial charge in [0, 0.05) is 29.0 Å². The molecule has 1 unspecified atom stereocenters. The van der Waals surface area contributed by atoms with E-state index in [9.17, 15) is 0 Å². The van der Waals surface area contributed by atoms with Crippen LogP contribution in [0.3, 0.4) is 0 Å². The molecule has 0 N–H and O–H groups in total. The lowest BCUT2D eigenvalue weighted by atomic mass is 9.98. The minimum Gasteiger partial charge on any atom is -0.341 e. The van der Waals surface area contributed by atoms with Gasteiger partial charge in [0.25, 0.3) is 0 Å². The van der Waals surface area contributed by atoms with Gasteiger partial charge in [-0.25, -0.2) is 0 Å². The number of anilines is 1. The molecule has 0 aliphatic carbocycles. The van der Waals surface area contributed by atoms with Gasteiger partial charge in [0.15, 0.2) is 0 Å². The Morgan fingerprint density at radius 3 is 2.18 bits per heavy atom. The largest absolute Gasteiger partial charge is 0.341 e. The van der Waals surface area contributed by atoms with Gasteiger partial charge in [-0.1, -0.05) is 60.7 Å². The molecule has 0 aromatic heterocycles. The number of hydrogen-bond acceptors (Lipinski definition) is 2. The Kier molecular flexibility index (Phi) is 3.36. The van der Waals surface area contributed by atoms with Crippen molar-refractivity contribution in [2.24, 2.45) is 0 Å². The first kappa shape index (κ1) is 15.0. The number of nitrogens with zero attached hydrogens (tertiary/aromatic N) is 2. The number of fused-ring (bicyclic) bond motifs is 3. The number of para-hydroxylation sites is 1. The Morgan fingerprint density at radius 1 is 0.786 bits per heavy atom. The molecule has 2 heteroatoms. The molecule has 0 spiro atoms. The topological polar surface area (TPSA) is 6.48 Å². The molecule has 3 aromatic rings. The molecule has 2 aliphatic heterocycles. The highest BCUT2D eigenvalue weighted by atomic mass is 15.4. The lowest BCUT2D eigenvalue weighted by Gasteiger charge is -2.36. The number of hydrogen-bond donors (Lipinski definition) is 0. The van der Waals surface area contributed by atoms with Gasteiger partial charge >= 0.3 is 0 Å². The van der Waals surface area contributed by atoms with Crippen LogP contribution in [0.25, 0.3) is 5.70 Å². The highest BCUT2D eigenvalue weighted by Gasteiger charge is 2.43. The summed E-state index contributed by atoms with van der Waals surface area (Å²) in [6.45, 7) is 6.92. The molecule has 0 fully saturated rings. The monoisotopic (exact) mass is 368 g/mol. The van der Waals surface area contributed by atoms with Crippen LogP contribution >= 0.6 is 0 Å². The lowest BCUT2D eigenvalue weighted by Crippen LogP contribution is -2.32. The fourth-order valence-electron chi connectivity index (χ4n) is 4.71. The second-order valence-electron chi connectivity index (χ2n) is 7.80. The number of allylic oxidation sites excluding steroid dienone is 1. The summed E-state index contributed by atoms with van der Waals surface area (Å²) in [6, 6.07) is 22.6. The predicted molar refractivity (Wildman–Crippen MR) is 117 cm³/mol. The van der Waals surface area contributed by atoms with Crippen LogP contribution in [0.2, 0.25) is 0 Å². The fourth-order valence-corrected chi connectivity index (χ4v) is 4.71. The summed E-state index contributed by atoms with van der Waals surface area (Å²) in [5.74, 6) is 0. The molecule has 5 rings (SSSR count). The molecule has 0 bridgehead atoms. The summed E-state index contributed by atoms with van der Waals surface area (Å²) in [6.07, 6.45) is -0.246. The molecule has 2 nitrogen and oxygen atoms in total. The Labute approximate surface area is 170 Å². The van der Waals surface area contributed by atoms with E-state index < -0.39 is 6.50 Å². The van der Waals surface area contributed by atoms with E-state index in [1.54, 1.807) is 0 Å². The van der Waals surface area contributed by atoms with Crippen molar-refractivity contribution >= 4 is 11.4 Å². The molecule has 3 aromatic carbocycles. The summed E-state index contributed by atoms with van der Waals surface area (Å²) < 4.78 is 18.3. The van der Waals surface area contributed by atoms with Crippen molar-refractivity contribution in [2.45, 2.75) is 40.4 Å². The van der Waals surface area contributed by atoms with Crippen molar-refractivity contribution in [2.75, 3.05) is 4.90 Å². The SMILES string of the molecule is [2H]C1([2H])c2ccccc2C2=C(C)N(c3ccccc3C)C(c3c(C)cccc3C)N21. The van der Waals surface area contributed by atoms with Crippen LogP contribution in [0.15, 0.2) is 72.4 Å². The lowest BCUT2D eigenvalue weighted by molar-refractivity contribution is 0.325. The van der Waals surface area contributed by atoms with Crippen molar-refractivity contribution in [3.05, 3.63) is 106 Å². The molecule has 28 heavy (non-hydrogen) atoms. The molecule has 0 saturated heterocycles. The zero-order chi connectivity index (χ0) is 21.2. The first-order chi connectivity index (χ1) is 14.3. The van der Waals surface area contributed by atoms with Gasteiger partial charge in [-0.3, -0.25) is 0 Å². The summed E-state index contributed by atoms with van der Waals surface area (Å²) in [4.78, 5) is 4.32. The molecule has 0 amide bonds. The van der Waals surface area contributed by atoms with E-state index in [4.69, 9.17) is 2.74 Å². The van der Waals surface area contributed by atoms with Crippen LogP contribution in [0.1, 0.15) is 49.2 Å². The summed E-state index contributed by atoms with van der Waals surface area (Å²) >= 11 is 0. The maximum Gasteiger partial charge on any atom is 0.133 e. The van der Waals surface area contributed by atoms with Crippen molar-refractivity contribution in [1.29, 1.82) is 0 Å². The van der Waals surface area contributed by atoms with Crippen LogP contribution in [0, 0.1) is 20.8 Å². The van der Waals surface area contributed by atoms with Crippen LogP contribution in [0.5, 0.6) is 0 Å². The Morgan fingerprint density at radius 2 is 1.43 bits per heavy atom. The minimum absolute atomic E-state index is 0.246. The average molecular weight is 369 g/mol. The number of rotatable bonds is 2. The third-order valence-corrected chi connectivity index (χ3v) is 6.03. The normalized spacial score (nSPS) is 20.8. The van der Waals surface area contributed by atoms with Crippen LogP contribution in [0.4, 0.5) is 5.69 Å². The van der Waals surface area contributed by atoms with Crippen LogP contribution in [-0.2, 0) is 6.50 Å². The summed E-state index contributed by atoms with van der Waals surface area (Å²) in [7, 11) is 0. The van der Waals surface area contributed by atoms with E-state index >= 15 is 0 Å². The molecule has 1 atom stereocenters.